The van der Waals surface area contributed by atoms with Crippen LogP contribution in [0.5, 0.6) is 5.75 Å². The number of carbonyl (C=O) groups is 2. The van der Waals surface area contributed by atoms with E-state index in [1.807, 2.05) is 30.3 Å². The van der Waals surface area contributed by atoms with Crippen LogP contribution in [0.1, 0.15) is 34.6 Å². The fourth-order valence-corrected chi connectivity index (χ4v) is 2.72. The molecule has 0 fully saturated rings. The average Bonchev–Trinajstić information content (AvgIpc) is 2.85. The number of primary amides is 1. The van der Waals surface area contributed by atoms with Crippen molar-refractivity contribution < 1.29 is 14.3 Å². The molecule has 0 spiro atoms. The summed E-state index contributed by atoms with van der Waals surface area (Å²) in [7, 11) is 0. The molecule has 1 aromatic carbocycles. The van der Waals surface area contributed by atoms with Gasteiger partial charge in [-0.15, -0.1) is 0 Å². The van der Waals surface area contributed by atoms with Crippen molar-refractivity contribution >= 4 is 11.7 Å². The lowest BCUT2D eigenvalue weighted by Gasteiger charge is -2.12. The Kier molecular flexibility index (Phi) is 3.91. The maximum absolute atomic E-state index is 12.2. The van der Waals surface area contributed by atoms with E-state index in [1.165, 1.54) is 0 Å². The number of hydrogen-bond donors (Lipinski definition) is 1. The molecule has 1 aromatic heterocycles. The Hall–Kier alpha value is -2.63. The number of nitrogens with two attached hydrogens (primary N) is 1. The number of rotatable bonds is 5. The molecule has 6 heteroatoms. The number of para-hydroxylation sites is 1. The van der Waals surface area contributed by atoms with Crippen LogP contribution < -0.4 is 10.5 Å². The minimum Gasteiger partial charge on any atom is -0.487 e. The van der Waals surface area contributed by atoms with Crippen molar-refractivity contribution in [1.82, 2.24) is 9.78 Å². The standard InChI is InChI=1S/C16H17N3O3/c17-15(21)9-19-13-7-4-8-14(20)16(13)12(18-19)10-22-11-5-2-1-3-6-11/h1-3,5-6H,4,7-10H2,(H2,17,21). The lowest BCUT2D eigenvalue weighted by atomic mass is 9.94. The number of hydrogen-bond acceptors (Lipinski definition) is 4. The summed E-state index contributed by atoms with van der Waals surface area (Å²) >= 11 is 0. The first kappa shape index (κ1) is 14.3. The second-order valence-corrected chi connectivity index (χ2v) is 5.27. The van der Waals surface area contributed by atoms with Gasteiger partial charge in [0, 0.05) is 6.42 Å². The fraction of sp³-hybridized carbons (Fsp3) is 0.312. The number of aromatic nitrogens is 2. The SMILES string of the molecule is NC(=O)Cn1nc(COc2ccccc2)c2c1CCCC2=O. The largest absolute Gasteiger partial charge is 0.487 e. The van der Waals surface area contributed by atoms with Crippen LogP contribution in [-0.2, 0) is 24.4 Å². The van der Waals surface area contributed by atoms with E-state index in [4.69, 9.17) is 10.5 Å². The first-order valence-corrected chi connectivity index (χ1v) is 7.23. The number of nitrogens with zero attached hydrogens (tertiary/aromatic N) is 2. The Morgan fingerprint density at radius 1 is 1.27 bits per heavy atom. The zero-order chi connectivity index (χ0) is 15.5. The Morgan fingerprint density at radius 3 is 2.77 bits per heavy atom. The van der Waals surface area contributed by atoms with Crippen molar-refractivity contribution in [1.29, 1.82) is 0 Å². The van der Waals surface area contributed by atoms with Crippen LogP contribution in [0.2, 0.25) is 0 Å². The van der Waals surface area contributed by atoms with Crippen molar-refractivity contribution in [2.75, 3.05) is 0 Å². The van der Waals surface area contributed by atoms with Gasteiger partial charge in [0.2, 0.25) is 5.91 Å². The molecule has 1 heterocycles. The normalized spacial score (nSPS) is 13.7. The van der Waals surface area contributed by atoms with E-state index >= 15 is 0 Å². The molecule has 0 saturated heterocycles. The second kappa shape index (κ2) is 6.01. The van der Waals surface area contributed by atoms with Gasteiger partial charge < -0.3 is 10.5 Å². The molecule has 0 radical (unpaired) electrons. The summed E-state index contributed by atoms with van der Waals surface area (Å²) < 4.78 is 7.22. The summed E-state index contributed by atoms with van der Waals surface area (Å²) in [4.78, 5) is 23.4. The van der Waals surface area contributed by atoms with Gasteiger partial charge in [-0.25, -0.2) is 0 Å². The van der Waals surface area contributed by atoms with Crippen LogP contribution in [0.4, 0.5) is 0 Å². The van der Waals surface area contributed by atoms with E-state index in [1.54, 1.807) is 4.68 Å². The van der Waals surface area contributed by atoms with Crippen LogP contribution in [0.25, 0.3) is 0 Å². The van der Waals surface area contributed by atoms with E-state index < -0.39 is 5.91 Å². The molecule has 2 N–H and O–H groups in total. The van der Waals surface area contributed by atoms with Crippen molar-refractivity contribution in [3.63, 3.8) is 0 Å². The monoisotopic (exact) mass is 299 g/mol. The Morgan fingerprint density at radius 2 is 2.05 bits per heavy atom. The van der Waals surface area contributed by atoms with Gasteiger partial charge in [-0.1, -0.05) is 18.2 Å². The third-order valence-corrected chi connectivity index (χ3v) is 3.65. The van der Waals surface area contributed by atoms with Gasteiger partial charge in [-0.2, -0.15) is 5.10 Å². The van der Waals surface area contributed by atoms with Crippen molar-refractivity contribution in [3.05, 3.63) is 47.3 Å². The summed E-state index contributed by atoms with van der Waals surface area (Å²) in [5.74, 6) is 0.298. The molecule has 0 aliphatic heterocycles. The van der Waals surface area contributed by atoms with E-state index in [2.05, 4.69) is 5.10 Å². The zero-order valence-corrected chi connectivity index (χ0v) is 12.1. The summed E-state index contributed by atoms with van der Waals surface area (Å²) in [5.41, 5.74) is 7.22. The smallest absolute Gasteiger partial charge is 0.239 e. The Labute approximate surface area is 127 Å². The minimum atomic E-state index is -0.473. The predicted octanol–water partition coefficient (Wildman–Crippen LogP) is 1.47. The molecular formula is C16H17N3O3. The first-order valence-electron chi connectivity index (χ1n) is 7.23. The molecular weight excluding hydrogens is 282 g/mol. The van der Waals surface area contributed by atoms with Gasteiger partial charge in [0.05, 0.1) is 11.3 Å². The number of ether oxygens (including phenoxy) is 1. The topological polar surface area (TPSA) is 87.2 Å². The highest BCUT2D eigenvalue weighted by Crippen LogP contribution is 2.25. The lowest BCUT2D eigenvalue weighted by molar-refractivity contribution is -0.118. The van der Waals surface area contributed by atoms with Crippen LogP contribution in [0.3, 0.4) is 0 Å². The summed E-state index contributed by atoms with van der Waals surface area (Å²) in [6.45, 7) is 0.185. The fourth-order valence-electron chi connectivity index (χ4n) is 2.72. The van der Waals surface area contributed by atoms with Gasteiger partial charge in [-0.05, 0) is 25.0 Å². The summed E-state index contributed by atoms with van der Waals surface area (Å²) in [5, 5.41) is 4.37. The van der Waals surface area contributed by atoms with Crippen LogP contribution >= 0.6 is 0 Å². The molecule has 22 heavy (non-hydrogen) atoms. The van der Waals surface area contributed by atoms with E-state index in [9.17, 15) is 9.59 Å². The Bertz CT molecular complexity index is 707. The zero-order valence-electron chi connectivity index (χ0n) is 12.1. The van der Waals surface area contributed by atoms with Crippen molar-refractivity contribution in [2.45, 2.75) is 32.4 Å². The summed E-state index contributed by atoms with van der Waals surface area (Å²) in [6, 6.07) is 9.34. The number of benzene rings is 1. The number of ketones is 1. The molecule has 0 atom stereocenters. The molecule has 3 rings (SSSR count). The average molecular weight is 299 g/mol. The highest BCUT2D eigenvalue weighted by Gasteiger charge is 2.27. The highest BCUT2D eigenvalue weighted by molar-refractivity contribution is 5.99. The van der Waals surface area contributed by atoms with E-state index in [0.717, 1.165) is 18.5 Å². The first-order chi connectivity index (χ1) is 10.6. The Balaban J connectivity index is 1.88. The highest BCUT2D eigenvalue weighted by atomic mass is 16.5. The third-order valence-electron chi connectivity index (χ3n) is 3.65. The molecule has 1 aliphatic carbocycles. The molecule has 0 saturated carbocycles. The molecule has 2 aromatic rings. The van der Waals surface area contributed by atoms with Crippen molar-refractivity contribution in [2.24, 2.45) is 5.73 Å². The van der Waals surface area contributed by atoms with Crippen molar-refractivity contribution in [3.8, 4) is 5.75 Å². The van der Waals surface area contributed by atoms with E-state index in [-0.39, 0.29) is 18.9 Å². The lowest BCUT2D eigenvalue weighted by Crippen LogP contribution is -2.22. The van der Waals surface area contributed by atoms with Gasteiger partial charge >= 0.3 is 0 Å². The van der Waals surface area contributed by atoms with Gasteiger partial charge in [0.1, 0.15) is 24.6 Å². The minimum absolute atomic E-state index is 0.0129. The number of carbonyl (C=O) groups excluding carboxylic acids is 2. The van der Waals surface area contributed by atoms with E-state index in [0.29, 0.717) is 23.4 Å². The van der Waals surface area contributed by atoms with Gasteiger partial charge in [0.25, 0.3) is 0 Å². The predicted molar refractivity (Wildman–Crippen MR) is 79.5 cm³/mol. The van der Waals surface area contributed by atoms with Crippen LogP contribution in [-0.4, -0.2) is 21.5 Å². The molecule has 114 valence electrons. The molecule has 0 unspecified atom stereocenters. The quantitative estimate of drug-likeness (QED) is 0.905. The maximum Gasteiger partial charge on any atom is 0.239 e. The molecule has 1 amide bonds. The van der Waals surface area contributed by atoms with Gasteiger partial charge in [-0.3, -0.25) is 14.3 Å². The van der Waals surface area contributed by atoms with Crippen LogP contribution in [0.15, 0.2) is 30.3 Å². The number of Topliss-reactive ketones (excluding diaryl/α,β-unsaturated/α-hetero) is 1. The van der Waals surface area contributed by atoms with Gasteiger partial charge in [0.15, 0.2) is 5.78 Å². The molecule has 0 bridgehead atoms. The molecule has 6 nitrogen and oxygen atoms in total. The van der Waals surface area contributed by atoms with Crippen LogP contribution in [0, 0.1) is 0 Å². The third kappa shape index (κ3) is 2.86. The maximum atomic E-state index is 12.2. The number of amides is 1. The summed E-state index contributed by atoms with van der Waals surface area (Å²) in [6.07, 6.45) is 2.01. The number of fused-ring (bicyclic) bond motifs is 1. The second-order valence-electron chi connectivity index (χ2n) is 5.27. The molecule has 1 aliphatic rings.